The first-order valence-electron chi connectivity index (χ1n) is 12.7. The van der Waals surface area contributed by atoms with Crippen LogP contribution < -0.4 is 34.4 Å². The fourth-order valence-electron chi connectivity index (χ4n) is 2.64. The van der Waals surface area contributed by atoms with E-state index in [1.807, 2.05) is 0 Å². The van der Waals surface area contributed by atoms with Gasteiger partial charge in [-0.2, -0.15) is 0 Å². The van der Waals surface area contributed by atoms with E-state index in [9.17, 15) is 35.4 Å². The fourth-order valence-corrected chi connectivity index (χ4v) is 2.64. The highest BCUT2D eigenvalue weighted by Crippen LogP contribution is 2.36. The van der Waals surface area contributed by atoms with Crippen LogP contribution in [-0.2, 0) is 0 Å². The molecule has 1 aromatic rings. The molecule has 0 aliphatic heterocycles. The molecule has 0 aliphatic rings. The first-order valence-corrected chi connectivity index (χ1v) is 13.9. The zero-order valence-corrected chi connectivity index (χ0v) is 23.8. The number of nitrogens with zero attached hydrogens (tertiary/aromatic N) is 3. The van der Waals surface area contributed by atoms with Crippen molar-refractivity contribution in [3.05, 3.63) is 42.5 Å². The second kappa shape index (κ2) is 25.5. The van der Waals surface area contributed by atoms with Gasteiger partial charge in [-0.25, -0.2) is 18.6 Å². The number of unbranched alkanes of at least 4 members (excludes halogenated alkanes) is 4. The Bertz CT molecular complexity index is 744. The zero-order valence-electron chi connectivity index (χ0n) is 23.0. The molecule has 228 valence electrons. The van der Waals surface area contributed by atoms with Crippen LogP contribution in [0.2, 0.25) is 0 Å². The zero-order chi connectivity index (χ0) is 30.9. The highest BCUT2D eigenvalue weighted by Gasteiger charge is 2.24. The maximum atomic E-state index is 11.1. The number of nitro benzene ring substituents is 3. The van der Waals surface area contributed by atoms with Crippen molar-refractivity contribution in [1.82, 2.24) is 0 Å². The van der Waals surface area contributed by atoms with E-state index in [2.05, 4.69) is 38.3 Å². The topological polar surface area (TPSA) is 278 Å². The van der Waals surface area contributed by atoms with Gasteiger partial charge in [0.15, 0.2) is 0 Å². The van der Waals surface area contributed by atoms with Gasteiger partial charge in [0, 0.05) is 0 Å². The lowest BCUT2D eigenvalue weighted by Gasteiger charge is -2.17. The molecular formula is C22H42ClN5O11. The average Bonchev–Trinajstić information content (AvgIpc) is 2.83. The maximum Gasteiger partial charge on any atom is 0.283 e. The van der Waals surface area contributed by atoms with E-state index in [0.29, 0.717) is 12.1 Å². The average molecular weight is 588 g/mol. The SMILES string of the molecule is CCCC[NH2+]CCCC.CCCC[NH2+]CCCC.O=[N+]([O-])c1cc([N+](=O)[O-])c([O-])c([N+](=O)[O-])c1.[O-][Cl+3]([O-])([O-])[O-]. The van der Waals surface area contributed by atoms with Crippen LogP contribution in [0.5, 0.6) is 5.75 Å². The molecule has 0 radical (unpaired) electrons. The number of rotatable bonds is 15. The fraction of sp³-hybridized carbons (Fsp3) is 0.727. The standard InChI is InChI=1S/2C8H19N.C6H3N3O7.ClHO4/c2*1-3-5-7-9-8-6-4-2;10-6-4(8(13)14)1-3(7(11)12)2-5(6)9(15)16;2-1(3,4)5/h2*9H,3-8H2,1-2H3;1-2,10H;(H,2,3,4,5). The van der Waals surface area contributed by atoms with Crippen LogP contribution in [0.25, 0.3) is 0 Å². The summed E-state index contributed by atoms with van der Waals surface area (Å²) in [5.74, 6) is -1.46. The van der Waals surface area contributed by atoms with Gasteiger partial charge >= 0.3 is 0 Å². The molecule has 16 nitrogen and oxygen atoms in total. The molecule has 0 unspecified atom stereocenters. The van der Waals surface area contributed by atoms with Gasteiger partial charge in [0.25, 0.3) is 17.1 Å². The molecule has 17 heteroatoms. The van der Waals surface area contributed by atoms with Crippen molar-refractivity contribution in [2.45, 2.75) is 79.1 Å². The van der Waals surface area contributed by atoms with Gasteiger partial charge in [-0.05, 0) is 25.7 Å². The predicted octanol–water partition coefficient (Wildman–Crippen LogP) is -1.97. The molecular weight excluding hydrogens is 546 g/mol. The van der Waals surface area contributed by atoms with Crippen molar-refractivity contribution >= 4 is 17.1 Å². The number of quaternary nitrogens is 2. The van der Waals surface area contributed by atoms with E-state index in [1.54, 1.807) is 0 Å². The van der Waals surface area contributed by atoms with Gasteiger partial charge in [0.2, 0.25) is 0 Å². The van der Waals surface area contributed by atoms with Crippen molar-refractivity contribution in [2.24, 2.45) is 0 Å². The normalized spacial score (nSPS) is 10.2. The van der Waals surface area contributed by atoms with Crippen molar-refractivity contribution in [3.63, 3.8) is 0 Å². The molecule has 4 N–H and O–H groups in total. The molecule has 0 saturated carbocycles. The smallest absolute Gasteiger partial charge is 0.283 e. The highest BCUT2D eigenvalue weighted by atomic mass is 35.7. The van der Waals surface area contributed by atoms with Gasteiger partial charge in [-0.1, -0.05) is 53.4 Å². The van der Waals surface area contributed by atoms with Gasteiger partial charge < -0.3 is 15.7 Å². The van der Waals surface area contributed by atoms with Crippen LogP contribution in [-0.4, -0.2) is 40.9 Å². The number of hydrogen-bond donors (Lipinski definition) is 2. The monoisotopic (exact) mass is 587 g/mol. The van der Waals surface area contributed by atoms with E-state index in [0.717, 1.165) is 0 Å². The van der Waals surface area contributed by atoms with Crippen LogP contribution in [0, 0.1) is 40.6 Å². The van der Waals surface area contributed by atoms with Crippen LogP contribution in [0.3, 0.4) is 0 Å². The number of hydrogen-bond acceptors (Lipinski definition) is 11. The van der Waals surface area contributed by atoms with Gasteiger partial charge in [0.1, 0.15) is 0 Å². The van der Waals surface area contributed by atoms with E-state index in [4.69, 9.17) is 18.6 Å². The molecule has 0 saturated heterocycles. The van der Waals surface area contributed by atoms with Gasteiger partial charge in [-0.3, -0.25) is 30.3 Å². The maximum absolute atomic E-state index is 11.1. The predicted molar refractivity (Wildman–Crippen MR) is 129 cm³/mol. The molecule has 0 bridgehead atoms. The van der Waals surface area contributed by atoms with E-state index in [1.165, 1.54) is 77.5 Å². The summed E-state index contributed by atoms with van der Waals surface area (Å²) in [7, 11) is -4.94. The lowest BCUT2D eigenvalue weighted by Crippen LogP contribution is -2.84. The van der Waals surface area contributed by atoms with Crippen LogP contribution in [0.15, 0.2) is 12.1 Å². The minimum absolute atomic E-state index is 0.384. The third kappa shape index (κ3) is 28.1. The summed E-state index contributed by atoms with van der Waals surface area (Å²) >= 11 is 0. The van der Waals surface area contributed by atoms with Crippen LogP contribution >= 0.6 is 0 Å². The summed E-state index contributed by atoms with van der Waals surface area (Å²) in [5.41, 5.74) is -3.26. The molecule has 0 heterocycles. The van der Waals surface area contributed by atoms with Crippen molar-refractivity contribution < 1.29 is 59.4 Å². The van der Waals surface area contributed by atoms with Crippen molar-refractivity contribution in [1.29, 1.82) is 0 Å². The summed E-state index contributed by atoms with van der Waals surface area (Å²) in [4.78, 5) is 27.5. The largest absolute Gasteiger partial charge is 0.863 e. The Kier molecular flexibility index (Phi) is 26.7. The Balaban J connectivity index is -0.000000485. The molecule has 39 heavy (non-hydrogen) atoms. The highest BCUT2D eigenvalue weighted by molar-refractivity contribution is 5.63. The summed E-state index contributed by atoms with van der Waals surface area (Å²) in [6.07, 6.45) is 10.9. The van der Waals surface area contributed by atoms with Crippen molar-refractivity contribution in [2.75, 3.05) is 26.2 Å². The molecule has 0 atom stereocenters. The molecule has 1 aromatic carbocycles. The Labute approximate surface area is 230 Å². The third-order valence-corrected chi connectivity index (χ3v) is 4.69. The molecule has 0 aliphatic carbocycles. The molecule has 0 fully saturated rings. The number of nitro groups is 3. The van der Waals surface area contributed by atoms with Gasteiger partial charge in [-0.15, -0.1) is 10.2 Å². The van der Waals surface area contributed by atoms with E-state index in [-0.39, 0.29) is 0 Å². The van der Waals surface area contributed by atoms with E-state index < -0.39 is 47.8 Å². The second-order valence-corrected chi connectivity index (χ2v) is 8.86. The summed E-state index contributed by atoms with van der Waals surface area (Å²) in [6, 6.07) is 0.769. The molecule has 1 rings (SSSR count). The first-order chi connectivity index (χ1) is 18.2. The second-order valence-electron chi connectivity index (χ2n) is 8.11. The van der Waals surface area contributed by atoms with Crippen molar-refractivity contribution in [3.8, 4) is 5.75 Å². The Hall–Kier alpha value is -2.73. The van der Waals surface area contributed by atoms with E-state index >= 15 is 0 Å². The number of nitrogens with two attached hydrogens (primary N) is 2. The summed E-state index contributed by atoms with van der Waals surface area (Å²) < 4.78 is 34.0. The Morgan fingerprint density at radius 3 is 1.05 bits per heavy atom. The van der Waals surface area contributed by atoms with Crippen LogP contribution in [0.4, 0.5) is 17.1 Å². The first kappa shape index (κ1) is 40.8. The van der Waals surface area contributed by atoms with Crippen LogP contribution in [0.1, 0.15) is 79.1 Å². The molecule has 0 aromatic heterocycles. The Morgan fingerprint density at radius 2 is 0.872 bits per heavy atom. The number of halogens is 1. The van der Waals surface area contributed by atoms with Gasteiger partial charge in [0.05, 0.1) is 58.8 Å². The molecule has 0 amide bonds. The Morgan fingerprint density at radius 1 is 0.615 bits per heavy atom. The minimum atomic E-state index is -4.94. The number of benzene rings is 1. The quantitative estimate of drug-likeness (QED) is 0.129. The third-order valence-electron chi connectivity index (χ3n) is 4.69. The number of non-ortho nitro benzene ring substituents is 1. The summed E-state index contributed by atoms with van der Waals surface area (Å²) in [5, 5.41) is 47.0. The minimum Gasteiger partial charge on any atom is -0.863 e. The lowest BCUT2D eigenvalue weighted by atomic mass is 10.2. The summed E-state index contributed by atoms with van der Waals surface area (Å²) in [6.45, 7) is 14.3. The lowest BCUT2D eigenvalue weighted by molar-refractivity contribution is -2.00. The molecule has 0 spiro atoms.